The molecule has 0 spiro atoms. The minimum absolute atomic E-state index is 0.0610. The summed E-state index contributed by atoms with van der Waals surface area (Å²) in [6.45, 7) is 1.75. The Morgan fingerprint density at radius 3 is 2.51 bits per heavy atom. The quantitative estimate of drug-likeness (QED) is 0.363. The molecule has 10 heteroatoms. The van der Waals surface area contributed by atoms with Gasteiger partial charge in [-0.1, -0.05) is 73.2 Å². The van der Waals surface area contributed by atoms with E-state index in [1.54, 1.807) is 11.7 Å². The topological polar surface area (TPSA) is 129 Å². The van der Waals surface area contributed by atoms with Gasteiger partial charge in [-0.05, 0) is 30.0 Å². The molecule has 3 amide bonds. The summed E-state index contributed by atoms with van der Waals surface area (Å²) in [5.41, 5.74) is 2.20. The van der Waals surface area contributed by atoms with E-state index in [2.05, 4.69) is 20.9 Å². The van der Waals surface area contributed by atoms with E-state index in [0.29, 0.717) is 5.52 Å². The number of fused-ring (bicyclic) bond motifs is 2. The minimum atomic E-state index is -0.916. The van der Waals surface area contributed by atoms with Gasteiger partial charge in [0.25, 0.3) is 0 Å². The van der Waals surface area contributed by atoms with Crippen LogP contribution in [0.4, 0.5) is 0 Å². The van der Waals surface area contributed by atoms with Crippen LogP contribution in [0.15, 0.2) is 66.7 Å². The molecule has 6 atom stereocenters. The van der Waals surface area contributed by atoms with Crippen molar-refractivity contribution >= 4 is 28.8 Å². The van der Waals surface area contributed by atoms with Crippen molar-refractivity contribution in [1.82, 2.24) is 30.5 Å². The zero-order chi connectivity index (χ0) is 27.5. The predicted octanol–water partition coefficient (Wildman–Crippen LogP) is 2.03. The second kappa shape index (κ2) is 11.4. The van der Waals surface area contributed by atoms with Gasteiger partial charge < -0.3 is 20.6 Å². The Morgan fingerprint density at radius 2 is 1.79 bits per heavy atom. The summed E-state index contributed by atoms with van der Waals surface area (Å²) in [5.74, 6) is -2.85. The molecule has 1 saturated heterocycles. The molecule has 0 saturated carbocycles. The molecule has 1 fully saturated rings. The van der Waals surface area contributed by atoms with Gasteiger partial charge in [0, 0.05) is 13.0 Å². The van der Waals surface area contributed by atoms with E-state index in [9.17, 15) is 19.5 Å². The molecule has 10 nitrogen and oxygen atoms in total. The molecular formula is C29H34N6O4. The molecule has 204 valence electrons. The van der Waals surface area contributed by atoms with Gasteiger partial charge in [0.05, 0.1) is 30.0 Å². The second-order valence-corrected chi connectivity index (χ2v) is 10.2. The Balaban J connectivity index is 1.52. The average Bonchev–Trinajstić information content (AvgIpc) is 3.51. The van der Waals surface area contributed by atoms with Gasteiger partial charge in [-0.3, -0.25) is 14.4 Å². The van der Waals surface area contributed by atoms with E-state index in [1.165, 1.54) is 4.90 Å². The first kappa shape index (κ1) is 26.6. The highest BCUT2D eigenvalue weighted by molar-refractivity contribution is 5.97. The van der Waals surface area contributed by atoms with Crippen LogP contribution in [0.1, 0.15) is 31.4 Å². The largest absolute Gasteiger partial charge is 0.394 e. The number of aromatic nitrogens is 3. The highest BCUT2D eigenvalue weighted by Gasteiger charge is 2.58. The second-order valence-electron chi connectivity index (χ2n) is 10.2. The molecule has 0 bridgehead atoms. The molecule has 1 aliphatic carbocycles. The van der Waals surface area contributed by atoms with Crippen molar-refractivity contribution in [3.05, 3.63) is 72.3 Å². The van der Waals surface area contributed by atoms with Gasteiger partial charge >= 0.3 is 0 Å². The molecule has 2 aliphatic rings. The highest BCUT2D eigenvalue weighted by atomic mass is 16.3. The van der Waals surface area contributed by atoms with Crippen molar-refractivity contribution < 1.29 is 19.5 Å². The Morgan fingerprint density at radius 1 is 1.05 bits per heavy atom. The maximum atomic E-state index is 14.2. The van der Waals surface area contributed by atoms with E-state index in [0.717, 1.165) is 23.9 Å². The van der Waals surface area contributed by atoms with Crippen LogP contribution in [0.3, 0.4) is 0 Å². The molecule has 3 aromatic rings. The van der Waals surface area contributed by atoms with Crippen LogP contribution in [0.5, 0.6) is 0 Å². The standard InChI is InChI=1S/C29H34N6O4/c1-3-9-19-14-15-20-25(24(19)27(37)30-2)29(39)35(23(16-36)18-10-5-4-6-11-18)26(20)28(38)31-17-34-22-13-8-7-12-21(22)32-33-34/h4-8,10-15,19-20,23-26,36H,3,9,16-17H2,1-2H3,(H,30,37)(H,31,38)/t19-,20+,23-,24-,25-,26+/m1/s1. The lowest BCUT2D eigenvalue weighted by atomic mass is 9.68. The Labute approximate surface area is 227 Å². The van der Waals surface area contributed by atoms with Crippen molar-refractivity contribution in [2.45, 2.75) is 38.5 Å². The first-order valence-corrected chi connectivity index (χ1v) is 13.4. The SMILES string of the molecule is CCC[C@@H]1C=C[C@H]2[C@@H](C(=O)N([C@H](CO)c3ccccc3)[C@@H]2C(=O)NCn2nnc3ccccc32)[C@@H]1C(=O)NC. The Bertz CT molecular complexity index is 1370. The summed E-state index contributed by atoms with van der Waals surface area (Å²) in [6, 6.07) is 15.0. The van der Waals surface area contributed by atoms with Crippen LogP contribution in [0.2, 0.25) is 0 Å². The van der Waals surface area contributed by atoms with E-state index in [1.807, 2.05) is 73.7 Å². The number of allylic oxidation sites excluding steroid dienone is 1. The zero-order valence-corrected chi connectivity index (χ0v) is 22.1. The van der Waals surface area contributed by atoms with Gasteiger partial charge in [-0.2, -0.15) is 0 Å². The van der Waals surface area contributed by atoms with Crippen LogP contribution in [-0.4, -0.2) is 62.4 Å². The fourth-order valence-electron chi connectivity index (χ4n) is 6.23. The summed E-state index contributed by atoms with van der Waals surface area (Å²) in [7, 11) is 1.57. The number of carbonyl (C=O) groups excluding carboxylic acids is 3. The third-order valence-electron chi connectivity index (χ3n) is 8.00. The Hall–Kier alpha value is -4.05. The van der Waals surface area contributed by atoms with Crippen LogP contribution in [-0.2, 0) is 21.1 Å². The lowest BCUT2D eigenvalue weighted by molar-refractivity contribution is -0.143. The number of benzene rings is 2. The number of aliphatic hydroxyl groups excluding tert-OH is 1. The van der Waals surface area contributed by atoms with Gasteiger partial charge in [0.1, 0.15) is 18.2 Å². The molecule has 1 aliphatic heterocycles. The highest BCUT2D eigenvalue weighted by Crippen LogP contribution is 2.47. The van der Waals surface area contributed by atoms with Gasteiger partial charge in [-0.25, -0.2) is 4.68 Å². The van der Waals surface area contributed by atoms with Gasteiger partial charge in [-0.15, -0.1) is 5.10 Å². The number of hydrogen-bond donors (Lipinski definition) is 3. The van der Waals surface area contributed by atoms with E-state index < -0.39 is 29.8 Å². The fraction of sp³-hybridized carbons (Fsp3) is 0.414. The first-order chi connectivity index (χ1) is 19.0. The number of rotatable bonds is 9. The predicted molar refractivity (Wildman–Crippen MR) is 145 cm³/mol. The molecule has 2 aromatic carbocycles. The van der Waals surface area contributed by atoms with Gasteiger partial charge in [0.15, 0.2) is 0 Å². The Kier molecular flexibility index (Phi) is 7.74. The third kappa shape index (κ3) is 4.80. The third-order valence-corrected chi connectivity index (χ3v) is 8.00. The van der Waals surface area contributed by atoms with Crippen LogP contribution in [0.25, 0.3) is 11.0 Å². The fourth-order valence-corrected chi connectivity index (χ4v) is 6.23. The summed E-state index contributed by atoms with van der Waals surface area (Å²) < 4.78 is 1.59. The molecular weight excluding hydrogens is 496 g/mol. The summed E-state index contributed by atoms with van der Waals surface area (Å²) >= 11 is 0. The summed E-state index contributed by atoms with van der Waals surface area (Å²) in [5, 5.41) is 24.5. The molecule has 0 unspecified atom stereocenters. The minimum Gasteiger partial charge on any atom is -0.394 e. The lowest BCUT2D eigenvalue weighted by Crippen LogP contribution is -2.49. The van der Waals surface area contributed by atoms with Crippen LogP contribution < -0.4 is 10.6 Å². The number of nitrogens with one attached hydrogen (secondary N) is 2. The first-order valence-electron chi connectivity index (χ1n) is 13.4. The van der Waals surface area contributed by atoms with Crippen LogP contribution in [0, 0.1) is 23.7 Å². The van der Waals surface area contributed by atoms with E-state index in [4.69, 9.17) is 0 Å². The number of hydrogen-bond acceptors (Lipinski definition) is 6. The molecule has 39 heavy (non-hydrogen) atoms. The normalized spacial score (nSPS) is 24.9. The smallest absolute Gasteiger partial charge is 0.244 e. The van der Waals surface area contributed by atoms with Crippen molar-refractivity contribution in [2.75, 3.05) is 13.7 Å². The van der Waals surface area contributed by atoms with Crippen molar-refractivity contribution in [1.29, 1.82) is 0 Å². The van der Waals surface area contributed by atoms with Gasteiger partial charge in [0.2, 0.25) is 17.7 Å². The van der Waals surface area contributed by atoms with E-state index in [-0.39, 0.29) is 36.9 Å². The monoisotopic (exact) mass is 530 g/mol. The average molecular weight is 531 g/mol. The zero-order valence-electron chi connectivity index (χ0n) is 22.1. The number of nitrogens with zero attached hydrogens (tertiary/aromatic N) is 4. The number of likely N-dealkylation sites (tertiary alicyclic amines) is 1. The van der Waals surface area contributed by atoms with Crippen molar-refractivity contribution in [3.8, 4) is 0 Å². The molecule has 2 heterocycles. The number of amides is 3. The molecule has 5 rings (SSSR count). The number of carbonyl (C=O) groups is 3. The maximum Gasteiger partial charge on any atom is 0.244 e. The van der Waals surface area contributed by atoms with Crippen molar-refractivity contribution in [3.63, 3.8) is 0 Å². The molecule has 0 radical (unpaired) electrons. The van der Waals surface area contributed by atoms with Crippen molar-refractivity contribution in [2.24, 2.45) is 23.7 Å². The number of aliphatic hydroxyl groups is 1. The molecule has 1 aromatic heterocycles. The van der Waals surface area contributed by atoms with Crippen LogP contribution >= 0.6 is 0 Å². The van der Waals surface area contributed by atoms with E-state index >= 15 is 0 Å². The molecule has 3 N–H and O–H groups in total. The maximum absolute atomic E-state index is 14.2. The number of para-hydroxylation sites is 1. The summed E-state index contributed by atoms with van der Waals surface area (Å²) in [4.78, 5) is 42.8. The lowest BCUT2D eigenvalue weighted by Gasteiger charge is -2.34. The summed E-state index contributed by atoms with van der Waals surface area (Å²) in [6.07, 6.45) is 5.53.